The highest BCUT2D eigenvalue weighted by Gasteiger charge is 2.19. The number of carbonyl (C=O) groups excluding carboxylic acids is 1. The smallest absolute Gasteiger partial charge is 0.234 e. The quantitative estimate of drug-likeness (QED) is 0.863. The Balaban J connectivity index is 2.50. The third kappa shape index (κ3) is 4.49. The van der Waals surface area contributed by atoms with Gasteiger partial charge < -0.3 is 10.3 Å². The Morgan fingerprint density at radius 3 is 2.50 bits per heavy atom. The van der Waals surface area contributed by atoms with E-state index < -0.39 is 0 Å². The van der Waals surface area contributed by atoms with Gasteiger partial charge in [-0.3, -0.25) is 10.1 Å². The van der Waals surface area contributed by atoms with Crippen molar-refractivity contribution >= 4 is 11.8 Å². The van der Waals surface area contributed by atoms with Crippen molar-refractivity contribution in [3.05, 3.63) is 11.3 Å². The molecule has 0 fully saturated rings. The molecule has 0 aliphatic carbocycles. The molecule has 5 heteroatoms. The fraction of sp³-hybridized carbons (Fsp3) is 0.692. The average molecular weight is 253 g/mol. The summed E-state index contributed by atoms with van der Waals surface area (Å²) in [7, 11) is 0. The highest BCUT2D eigenvalue weighted by molar-refractivity contribution is 5.90. The SMILES string of the molecule is Cc1noc(NC(=O)CC(N)CC(C)(C)C)c1C. The van der Waals surface area contributed by atoms with Crippen LogP contribution in [0.25, 0.3) is 0 Å². The Hall–Kier alpha value is -1.36. The van der Waals surface area contributed by atoms with Crippen LogP contribution in [0.15, 0.2) is 4.52 Å². The second-order valence-corrected chi connectivity index (χ2v) is 6.00. The van der Waals surface area contributed by atoms with E-state index in [4.69, 9.17) is 10.3 Å². The molecule has 0 bridgehead atoms. The molecule has 1 aromatic rings. The van der Waals surface area contributed by atoms with Crippen molar-refractivity contribution in [3.8, 4) is 0 Å². The molecule has 18 heavy (non-hydrogen) atoms. The lowest BCUT2D eigenvalue weighted by atomic mass is 9.87. The molecule has 1 aromatic heterocycles. The maximum absolute atomic E-state index is 11.8. The Kier molecular flexibility index (Phi) is 4.51. The van der Waals surface area contributed by atoms with Crippen molar-refractivity contribution in [1.29, 1.82) is 0 Å². The normalized spacial score (nSPS) is 13.4. The first-order chi connectivity index (χ1) is 8.19. The summed E-state index contributed by atoms with van der Waals surface area (Å²) in [5.41, 5.74) is 7.71. The number of rotatable bonds is 4. The monoisotopic (exact) mass is 253 g/mol. The molecule has 1 atom stereocenters. The minimum absolute atomic E-state index is 0.123. The van der Waals surface area contributed by atoms with Gasteiger partial charge >= 0.3 is 0 Å². The molecule has 0 aliphatic rings. The van der Waals surface area contributed by atoms with Gasteiger partial charge in [0.15, 0.2) is 0 Å². The van der Waals surface area contributed by atoms with E-state index >= 15 is 0 Å². The van der Waals surface area contributed by atoms with E-state index in [0.717, 1.165) is 17.7 Å². The van der Waals surface area contributed by atoms with Gasteiger partial charge in [0.25, 0.3) is 0 Å². The van der Waals surface area contributed by atoms with Gasteiger partial charge in [-0.1, -0.05) is 25.9 Å². The summed E-state index contributed by atoms with van der Waals surface area (Å²) in [6.45, 7) is 10.0. The summed E-state index contributed by atoms with van der Waals surface area (Å²) < 4.78 is 5.03. The van der Waals surface area contributed by atoms with Crippen molar-refractivity contribution in [2.45, 2.75) is 53.5 Å². The molecular formula is C13H23N3O2. The molecule has 3 N–H and O–H groups in total. The molecule has 1 unspecified atom stereocenters. The van der Waals surface area contributed by atoms with Crippen molar-refractivity contribution in [2.75, 3.05) is 5.32 Å². The fourth-order valence-electron chi connectivity index (χ4n) is 1.81. The van der Waals surface area contributed by atoms with E-state index in [2.05, 4.69) is 31.2 Å². The van der Waals surface area contributed by atoms with Crippen LogP contribution in [0.3, 0.4) is 0 Å². The zero-order valence-electron chi connectivity index (χ0n) is 11.8. The third-order valence-electron chi connectivity index (χ3n) is 2.73. The number of hydrogen-bond acceptors (Lipinski definition) is 4. The third-order valence-corrected chi connectivity index (χ3v) is 2.73. The Bertz CT molecular complexity index is 418. The molecule has 0 aromatic carbocycles. The first-order valence-corrected chi connectivity index (χ1v) is 6.17. The number of nitrogens with zero attached hydrogens (tertiary/aromatic N) is 1. The van der Waals surface area contributed by atoms with E-state index in [1.165, 1.54) is 0 Å². The van der Waals surface area contributed by atoms with Crippen molar-refractivity contribution < 1.29 is 9.32 Å². The van der Waals surface area contributed by atoms with Gasteiger partial charge in [0.2, 0.25) is 11.8 Å². The van der Waals surface area contributed by atoms with Gasteiger partial charge in [-0.2, -0.15) is 0 Å². The van der Waals surface area contributed by atoms with Gasteiger partial charge in [0.05, 0.1) is 5.69 Å². The number of anilines is 1. The second kappa shape index (κ2) is 5.52. The minimum atomic E-state index is -0.144. The van der Waals surface area contributed by atoms with E-state index in [-0.39, 0.29) is 23.8 Å². The minimum Gasteiger partial charge on any atom is -0.338 e. The number of amides is 1. The lowest BCUT2D eigenvalue weighted by Gasteiger charge is -2.22. The molecule has 0 saturated carbocycles. The van der Waals surface area contributed by atoms with Crippen LogP contribution in [0.5, 0.6) is 0 Å². The number of hydrogen-bond donors (Lipinski definition) is 2. The molecule has 1 heterocycles. The van der Waals surface area contributed by atoms with Crippen LogP contribution in [0.1, 0.15) is 44.9 Å². The first-order valence-electron chi connectivity index (χ1n) is 6.17. The van der Waals surface area contributed by atoms with Gasteiger partial charge in [0, 0.05) is 18.0 Å². The number of nitrogens with one attached hydrogen (secondary N) is 1. The molecule has 102 valence electrons. The molecule has 0 aliphatic heterocycles. The van der Waals surface area contributed by atoms with Crippen LogP contribution in [0.2, 0.25) is 0 Å². The van der Waals surface area contributed by atoms with Gasteiger partial charge in [0.1, 0.15) is 0 Å². The standard InChI is InChI=1S/C13H23N3O2/c1-8-9(2)16-18-12(8)15-11(17)6-10(14)7-13(3,4)5/h10H,6-7,14H2,1-5H3,(H,15,17). The Morgan fingerprint density at radius 2 is 2.06 bits per heavy atom. The maximum Gasteiger partial charge on any atom is 0.234 e. The topological polar surface area (TPSA) is 81.2 Å². The summed E-state index contributed by atoms with van der Waals surface area (Å²) in [4.78, 5) is 11.8. The van der Waals surface area contributed by atoms with Crippen molar-refractivity contribution in [2.24, 2.45) is 11.1 Å². The van der Waals surface area contributed by atoms with Crippen LogP contribution in [0.4, 0.5) is 5.88 Å². The summed E-state index contributed by atoms with van der Waals surface area (Å²) in [6, 6.07) is -0.144. The number of aromatic nitrogens is 1. The average Bonchev–Trinajstić information content (AvgIpc) is 2.46. The van der Waals surface area contributed by atoms with E-state index in [1.807, 2.05) is 13.8 Å². The maximum atomic E-state index is 11.8. The molecule has 0 radical (unpaired) electrons. The second-order valence-electron chi connectivity index (χ2n) is 6.00. The lowest BCUT2D eigenvalue weighted by Crippen LogP contribution is -2.31. The summed E-state index contributed by atoms with van der Waals surface area (Å²) >= 11 is 0. The molecule has 1 amide bonds. The summed E-state index contributed by atoms with van der Waals surface area (Å²) in [5.74, 6) is 0.284. The summed E-state index contributed by atoms with van der Waals surface area (Å²) in [5, 5.41) is 6.49. The van der Waals surface area contributed by atoms with Gasteiger partial charge in [-0.15, -0.1) is 0 Å². The van der Waals surface area contributed by atoms with Crippen LogP contribution < -0.4 is 11.1 Å². The first kappa shape index (κ1) is 14.7. The molecule has 5 nitrogen and oxygen atoms in total. The highest BCUT2D eigenvalue weighted by Crippen LogP contribution is 2.22. The lowest BCUT2D eigenvalue weighted by molar-refractivity contribution is -0.116. The molecular weight excluding hydrogens is 230 g/mol. The summed E-state index contributed by atoms with van der Waals surface area (Å²) in [6.07, 6.45) is 1.09. The largest absolute Gasteiger partial charge is 0.338 e. The molecule has 0 saturated heterocycles. The Labute approximate surface area is 108 Å². The van der Waals surface area contributed by atoms with E-state index in [1.54, 1.807) is 0 Å². The number of carbonyl (C=O) groups is 1. The molecule has 0 spiro atoms. The Morgan fingerprint density at radius 1 is 1.44 bits per heavy atom. The predicted octanol–water partition coefficient (Wildman–Crippen LogP) is 2.38. The fourth-order valence-corrected chi connectivity index (χ4v) is 1.81. The van der Waals surface area contributed by atoms with Crippen LogP contribution in [-0.2, 0) is 4.79 Å². The van der Waals surface area contributed by atoms with Crippen LogP contribution in [0, 0.1) is 19.3 Å². The zero-order chi connectivity index (χ0) is 13.9. The van der Waals surface area contributed by atoms with E-state index in [0.29, 0.717) is 5.88 Å². The zero-order valence-corrected chi connectivity index (χ0v) is 11.8. The predicted molar refractivity (Wildman–Crippen MR) is 71.3 cm³/mol. The van der Waals surface area contributed by atoms with Crippen molar-refractivity contribution in [1.82, 2.24) is 5.16 Å². The van der Waals surface area contributed by atoms with E-state index in [9.17, 15) is 4.79 Å². The van der Waals surface area contributed by atoms with Gasteiger partial charge in [-0.25, -0.2) is 0 Å². The number of aryl methyl sites for hydroxylation is 1. The highest BCUT2D eigenvalue weighted by atomic mass is 16.5. The van der Waals surface area contributed by atoms with Gasteiger partial charge in [-0.05, 0) is 25.7 Å². The number of nitrogens with two attached hydrogens (primary N) is 1. The molecule has 1 rings (SSSR count). The van der Waals surface area contributed by atoms with Crippen molar-refractivity contribution in [3.63, 3.8) is 0 Å². The van der Waals surface area contributed by atoms with Crippen LogP contribution >= 0.6 is 0 Å². The van der Waals surface area contributed by atoms with Crippen LogP contribution in [-0.4, -0.2) is 17.1 Å².